The molecule has 1 amide bonds. The Morgan fingerprint density at radius 1 is 1.00 bits per heavy atom. The first-order valence-corrected chi connectivity index (χ1v) is 11.8. The Bertz CT molecular complexity index is 1230. The summed E-state index contributed by atoms with van der Waals surface area (Å²) in [7, 11) is -3.92. The number of hydrogen-bond acceptors (Lipinski definition) is 4. The second kappa shape index (κ2) is 8.31. The van der Waals surface area contributed by atoms with Gasteiger partial charge in [-0.25, -0.2) is 8.42 Å². The van der Waals surface area contributed by atoms with E-state index in [4.69, 9.17) is 4.74 Å². The fourth-order valence-corrected chi connectivity index (χ4v) is 5.29. The number of fused-ring (bicyclic) bond motifs is 1. The van der Waals surface area contributed by atoms with Crippen LogP contribution < -0.4 is 13.9 Å². The lowest BCUT2D eigenvalue weighted by Crippen LogP contribution is -2.48. The zero-order valence-corrected chi connectivity index (χ0v) is 19.2. The number of anilines is 2. The second-order valence-corrected chi connectivity index (χ2v) is 10.3. The van der Waals surface area contributed by atoms with Crippen LogP contribution in [0.2, 0.25) is 0 Å². The Morgan fingerprint density at radius 2 is 1.62 bits per heavy atom. The van der Waals surface area contributed by atoms with E-state index in [-0.39, 0.29) is 17.3 Å². The summed E-state index contributed by atoms with van der Waals surface area (Å²) in [6, 6.07) is 23.2. The van der Waals surface area contributed by atoms with E-state index in [1.165, 1.54) is 23.4 Å². The van der Waals surface area contributed by atoms with E-state index in [2.05, 4.69) is 0 Å². The van der Waals surface area contributed by atoms with Gasteiger partial charge in [-0.3, -0.25) is 9.10 Å². The first-order chi connectivity index (χ1) is 15.2. The van der Waals surface area contributed by atoms with E-state index in [9.17, 15) is 13.2 Å². The second-order valence-electron chi connectivity index (χ2n) is 8.43. The molecular formula is C25H26N2O4S. The predicted molar refractivity (Wildman–Crippen MR) is 125 cm³/mol. The van der Waals surface area contributed by atoms with Gasteiger partial charge in [0.1, 0.15) is 11.4 Å². The van der Waals surface area contributed by atoms with Crippen molar-refractivity contribution in [3.63, 3.8) is 0 Å². The predicted octanol–water partition coefficient (Wildman–Crippen LogP) is 4.61. The molecule has 4 rings (SSSR count). The van der Waals surface area contributed by atoms with Crippen molar-refractivity contribution in [3.05, 3.63) is 84.4 Å². The van der Waals surface area contributed by atoms with E-state index in [1.54, 1.807) is 23.1 Å². The smallest absolute Gasteiger partial charge is 0.264 e. The molecule has 7 heteroatoms. The van der Waals surface area contributed by atoms with Gasteiger partial charge in [-0.2, -0.15) is 0 Å². The monoisotopic (exact) mass is 450 g/mol. The van der Waals surface area contributed by atoms with E-state index in [0.717, 1.165) is 5.56 Å². The van der Waals surface area contributed by atoms with Gasteiger partial charge in [0.15, 0.2) is 0 Å². The molecule has 0 aromatic heterocycles. The summed E-state index contributed by atoms with van der Waals surface area (Å²) in [5.41, 5.74) is 1.33. The molecule has 0 saturated carbocycles. The molecule has 166 valence electrons. The minimum Gasteiger partial charge on any atom is -0.484 e. The summed E-state index contributed by atoms with van der Waals surface area (Å²) in [4.78, 5) is 14.0. The van der Waals surface area contributed by atoms with Gasteiger partial charge in [-0.1, -0.05) is 48.5 Å². The van der Waals surface area contributed by atoms with Crippen LogP contribution in [0.4, 0.5) is 11.4 Å². The summed E-state index contributed by atoms with van der Waals surface area (Å²) >= 11 is 0. The lowest BCUT2D eigenvalue weighted by molar-refractivity contribution is -0.117. The molecule has 3 aromatic rings. The fraction of sp³-hybridized carbons (Fsp3) is 0.240. The highest BCUT2D eigenvalue weighted by Gasteiger charge is 2.35. The highest BCUT2D eigenvalue weighted by molar-refractivity contribution is 7.92. The molecular weight excluding hydrogens is 424 g/mol. The minimum absolute atomic E-state index is 0.102. The number of amides is 1. The van der Waals surface area contributed by atoms with E-state index in [1.807, 2.05) is 62.4 Å². The maximum Gasteiger partial charge on any atom is 0.264 e. The molecule has 0 N–H and O–H groups in total. The van der Waals surface area contributed by atoms with Crippen LogP contribution in [0.5, 0.6) is 5.75 Å². The van der Waals surface area contributed by atoms with Gasteiger partial charge < -0.3 is 9.64 Å². The van der Waals surface area contributed by atoms with Crippen LogP contribution >= 0.6 is 0 Å². The average Bonchev–Trinajstić information content (AvgIpc) is 2.77. The fourth-order valence-electron chi connectivity index (χ4n) is 3.82. The normalized spacial score (nSPS) is 14.9. The third-order valence-electron chi connectivity index (χ3n) is 5.33. The van der Waals surface area contributed by atoms with Gasteiger partial charge in [0.2, 0.25) is 5.91 Å². The minimum atomic E-state index is -3.92. The SMILES string of the molecule is CC(=O)N1CC(C)(C)Oc2ccc(S(=O)(=O)N(Cc3ccccc3)c3ccccc3)cc21. The molecule has 3 aromatic carbocycles. The molecule has 0 unspecified atom stereocenters. The molecule has 0 bridgehead atoms. The standard InChI is InChI=1S/C25H26N2O4S/c1-19(28)26-18-25(2,3)31-24-15-14-22(16-23(24)26)32(29,30)27(21-12-8-5-9-13-21)17-20-10-6-4-7-11-20/h4-16H,17-18H2,1-3H3. The molecule has 0 atom stereocenters. The summed E-state index contributed by atoms with van der Waals surface area (Å²) in [6.45, 7) is 5.79. The zero-order chi connectivity index (χ0) is 22.9. The summed E-state index contributed by atoms with van der Waals surface area (Å²) < 4.78 is 35.0. The van der Waals surface area contributed by atoms with Crippen molar-refractivity contribution in [1.29, 1.82) is 0 Å². The van der Waals surface area contributed by atoms with E-state index >= 15 is 0 Å². The lowest BCUT2D eigenvalue weighted by Gasteiger charge is -2.39. The van der Waals surface area contributed by atoms with E-state index < -0.39 is 15.6 Å². The van der Waals surface area contributed by atoms with Crippen LogP contribution in [0.3, 0.4) is 0 Å². The average molecular weight is 451 g/mol. The van der Waals surface area contributed by atoms with Gasteiger partial charge in [0.25, 0.3) is 10.0 Å². The molecule has 32 heavy (non-hydrogen) atoms. The van der Waals surface area contributed by atoms with Crippen LogP contribution in [0.25, 0.3) is 0 Å². The summed E-state index contributed by atoms with van der Waals surface area (Å²) in [5.74, 6) is 0.325. The van der Waals surface area contributed by atoms with Crippen molar-refractivity contribution in [3.8, 4) is 5.75 Å². The molecule has 0 saturated heterocycles. The van der Waals surface area contributed by atoms with Gasteiger partial charge in [0.05, 0.1) is 29.4 Å². The molecule has 0 fully saturated rings. The Labute approximate surface area is 189 Å². The van der Waals surface area contributed by atoms with Crippen LogP contribution in [0.15, 0.2) is 83.8 Å². The zero-order valence-electron chi connectivity index (χ0n) is 18.4. The molecule has 6 nitrogen and oxygen atoms in total. The topological polar surface area (TPSA) is 66.9 Å². The molecule has 1 aliphatic rings. The Hall–Kier alpha value is -3.32. The Balaban J connectivity index is 1.80. The maximum absolute atomic E-state index is 13.8. The molecule has 1 heterocycles. The third-order valence-corrected chi connectivity index (χ3v) is 7.10. The maximum atomic E-state index is 13.8. The number of nitrogens with zero attached hydrogens (tertiary/aromatic N) is 2. The Morgan fingerprint density at radius 3 is 2.25 bits per heavy atom. The number of rotatable bonds is 5. The molecule has 0 aliphatic carbocycles. The number of benzene rings is 3. The van der Waals surface area contributed by atoms with Crippen LogP contribution in [0.1, 0.15) is 26.3 Å². The highest BCUT2D eigenvalue weighted by Crippen LogP contribution is 2.39. The molecule has 0 spiro atoms. The molecule has 0 radical (unpaired) electrons. The quantitative estimate of drug-likeness (QED) is 0.570. The largest absolute Gasteiger partial charge is 0.484 e. The van der Waals surface area contributed by atoms with Crippen molar-refractivity contribution in [2.45, 2.75) is 37.8 Å². The number of hydrogen-bond donors (Lipinski definition) is 0. The number of ether oxygens (including phenoxy) is 1. The number of carbonyl (C=O) groups excluding carboxylic acids is 1. The number of sulfonamides is 1. The van der Waals surface area contributed by atoms with Crippen molar-refractivity contribution in [1.82, 2.24) is 0 Å². The van der Waals surface area contributed by atoms with Crippen LogP contribution in [-0.2, 0) is 21.4 Å². The first-order valence-electron chi connectivity index (χ1n) is 10.4. The number of para-hydroxylation sites is 1. The highest BCUT2D eigenvalue weighted by atomic mass is 32.2. The van der Waals surface area contributed by atoms with Gasteiger partial charge in [0, 0.05) is 6.92 Å². The third kappa shape index (κ3) is 4.34. The van der Waals surface area contributed by atoms with Crippen molar-refractivity contribution in [2.75, 3.05) is 15.7 Å². The van der Waals surface area contributed by atoms with Crippen molar-refractivity contribution in [2.24, 2.45) is 0 Å². The lowest BCUT2D eigenvalue weighted by atomic mass is 10.1. The Kier molecular flexibility index (Phi) is 5.69. The first kappa shape index (κ1) is 21.9. The summed E-state index contributed by atoms with van der Waals surface area (Å²) in [6.07, 6.45) is 0. The summed E-state index contributed by atoms with van der Waals surface area (Å²) in [5, 5.41) is 0. The van der Waals surface area contributed by atoms with Crippen LogP contribution in [-0.4, -0.2) is 26.5 Å². The molecule has 1 aliphatic heterocycles. The van der Waals surface area contributed by atoms with E-state index in [0.29, 0.717) is 23.7 Å². The van der Waals surface area contributed by atoms with Crippen LogP contribution in [0, 0.1) is 0 Å². The van der Waals surface area contributed by atoms with Crippen molar-refractivity contribution < 1.29 is 17.9 Å². The van der Waals surface area contributed by atoms with Gasteiger partial charge in [-0.15, -0.1) is 0 Å². The van der Waals surface area contributed by atoms with Crippen molar-refractivity contribution >= 4 is 27.3 Å². The van der Waals surface area contributed by atoms with Gasteiger partial charge in [-0.05, 0) is 49.7 Å². The number of carbonyl (C=O) groups is 1. The van der Waals surface area contributed by atoms with Gasteiger partial charge >= 0.3 is 0 Å².